The SMILES string of the molecule is O=C(CN1CCN(C(=O)c2ccc[nH]c2=S)CC1)N1CCCCCC1. The largest absolute Gasteiger partial charge is 0.352 e. The maximum absolute atomic E-state index is 12.6. The summed E-state index contributed by atoms with van der Waals surface area (Å²) in [6.45, 7) is 4.98. The van der Waals surface area contributed by atoms with Crippen LogP contribution in [0.4, 0.5) is 0 Å². The lowest BCUT2D eigenvalue weighted by molar-refractivity contribution is -0.132. The van der Waals surface area contributed by atoms with E-state index in [1.54, 1.807) is 18.3 Å². The van der Waals surface area contributed by atoms with E-state index < -0.39 is 0 Å². The molecule has 0 atom stereocenters. The first kappa shape index (κ1) is 18.1. The van der Waals surface area contributed by atoms with Crippen LogP contribution < -0.4 is 0 Å². The van der Waals surface area contributed by atoms with Gasteiger partial charge in [-0.25, -0.2) is 0 Å². The number of likely N-dealkylation sites (tertiary alicyclic amines) is 1. The molecule has 0 unspecified atom stereocenters. The molecule has 0 spiro atoms. The van der Waals surface area contributed by atoms with Crippen molar-refractivity contribution in [3.8, 4) is 0 Å². The van der Waals surface area contributed by atoms with Crippen LogP contribution in [0.15, 0.2) is 18.3 Å². The second-order valence-corrected chi connectivity index (χ2v) is 7.18. The molecule has 7 heteroatoms. The molecule has 2 aliphatic rings. The minimum absolute atomic E-state index is 0.0275. The first-order valence-corrected chi connectivity index (χ1v) is 9.53. The van der Waals surface area contributed by atoms with Gasteiger partial charge in [0, 0.05) is 45.5 Å². The Morgan fingerprint density at radius 2 is 1.64 bits per heavy atom. The van der Waals surface area contributed by atoms with Crippen LogP contribution >= 0.6 is 12.2 Å². The lowest BCUT2D eigenvalue weighted by Gasteiger charge is -2.35. The van der Waals surface area contributed by atoms with Gasteiger partial charge in [0.1, 0.15) is 4.64 Å². The van der Waals surface area contributed by atoms with Crippen molar-refractivity contribution in [2.45, 2.75) is 25.7 Å². The third kappa shape index (κ3) is 4.67. The molecule has 6 nitrogen and oxygen atoms in total. The predicted octanol–water partition coefficient (Wildman–Crippen LogP) is 1.90. The number of rotatable bonds is 3. The molecule has 136 valence electrons. The second-order valence-electron chi connectivity index (χ2n) is 6.78. The Morgan fingerprint density at radius 1 is 0.960 bits per heavy atom. The van der Waals surface area contributed by atoms with Crippen LogP contribution in [0.1, 0.15) is 36.0 Å². The number of piperazine rings is 1. The van der Waals surface area contributed by atoms with E-state index in [2.05, 4.69) is 9.88 Å². The fraction of sp³-hybridized carbons (Fsp3) is 0.611. The van der Waals surface area contributed by atoms with E-state index in [0.717, 1.165) is 39.0 Å². The van der Waals surface area contributed by atoms with Crippen LogP contribution in [-0.4, -0.2) is 77.3 Å². The average Bonchev–Trinajstić information content (AvgIpc) is 2.92. The van der Waals surface area contributed by atoms with Gasteiger partial charge in [-0.3, -0.25) is 14.5 Å². The fourth-order valence-electron chi connectivity index (χ4n) is 3.48. The molecule has 25 heavy (non-hydrogen) atoms. The highest BCUT2D eigenvalue weighted by atomic mass is 32.1. The Kier molecular flexibility index (Phi) is 6.20. The van der Waals surface area contributed by atoms with Crippen molar-refractivity contribution in [3.05, 3.63) is 28.5 Å². The summed E-state index contributed by atoms with van der Waals surface area (Å²) in [7, 11) is 0. The summed E-state index contributed by atoms with van der Waals surface area (Å²) >= 11 is 5.20. The first-order valence-electron chi connectivity index (χ1n) is 9.12. The molecular formula is C18H26N4O2S. The van der Waals surface area contributed by atoms with Crippen LogP contribution in [0.2, 0.25) is 0 Å². The highest BCUT2D eigenvalue weighted by Crippen LogP contribution is 2.12. The fourth-order valence-corrected chi connectivity index (χ4v) is 3.70. The smallest absolute Gasteiger partial charge is 0.256 e. The molecule has 3 heterocycles. The predicted molar refractivity (Wildman–Crippen MR) is 99.0 cm³/mol. The third-order valence-corrected chi connectivity index (χ3v) is 5.36. The molecule has 1 N–H and O–H groups in total. The summed E-state index contributed by atoms with van der Waals surface area (Å²) in [5, 5.41) is 0. The number of amides is 2. The Hall–Kier alpha value is -1.73. The van der Waals surface area contributed by atoms with E-state index in [4.69, 9.17) is 12.2 Å². The molecule has 3 rings (SSSR count). The summed E-state index contributed by atoms with van der Waals surface area (Å²) in [5.74, 6) is 0.201. The van der Waals surface area contributed by atoms with Crippen LogP contribution in [0.3, 0.4) is 0 Å². The van der Waals surface area contributed by atoms with E-state index in [9.17, 15) is 9.59 Å². The van der Waals surface area contributed by atoms with Crippen molar-refractivity contribution in [1.29, 1.82) is 0 Å². The number of aromatic nitrogens is 1. The zero-order valence-electron chi connectivity index (χ0n) is 14.6. The summed E-state index contributed by atoms with van der Waals surface area (Å²) in [4.78, 5) is 34.0. The number of carbonyl (C=O) groups excluding carboxylic acids is 2. The Labute approximate surface area is 153 Å². The summed E-state index contributed by atoms with van der Waals surface area (Å²) < 4.78 is 0.478. The highest BCUT2D eigenvalue weighted by Gasteiger charge is 2.25. The first-order chi connectivity index (χ1) is 12.1. The van der Waals surface area contributed by atoms with Crippen molar-refractivity contribution in [2.75, 3.05) is 45.8 Å². The number of nitrogens with zero attached hydrogens (tertiary/aromatic N) is 3. The minimum Gasteiger partial charge on any atom is -0.352 e. The molecule has 0 bridgehead atoms. The number of pyridine rings is 1. The molecule has 0 saturated carbocycles. The van der Waals surface area contributed by atoms with Gasteiger partial charge in [-0.05, 0) is 25.0 Å². The number of carbonyl (C=O) groups is 2. The zero-order valence-corrected chi connectivity index (χ0v) is 15.4. The van der Waals surface area contributed by atoms with Crippen LogP contribution in [-0.2, 0) is 4.79 Å². The topological polar surface area (TPSA) is 59.7 Å². The van der Waals surface area contributed by atoms with E-state index >= 15 is 0 Å². The molecule has 2 aliphatic heterocycles. The molecule has 0 radical (unpaired) electrons. The molecule has 2 amide bonds. The summed E-state index contributed by atoms with van der Waals surface area (Å²) in [6.07, 6.45) is 6.42. The molecule has 1 aromatic heterocycles. The summed E-state index contributed by atoms with van der Waals surface area (Å²) in [5.41, 5.74) is 0.548. The Bertz CT molecular complexity index is 659. The number of hydrogen-bond acceptors (Lipinski definition) is 4. The van der Waals surface area contributed by atoms with Gasteiger partial charge in [-0.2, -0.15) is 0 Å². The maximum atomic E-state index is 12.6. The zero-order chi connectivity index (χ0) is 17.6. The standard InChI is InChI=1S/C18H26N4O2S/c23-16(21-8-3-1-2-4-9-21)14-20-10-12-22(13-11-20)18(24)15-6-5-7-19-17(15)25/h5-7H,1-4,8-14H2,(H,19,25). The van der Waals surface area contributed by atoms with E-state index in [1.807, 2.05) is 9.80 Å². The Morgan fingerprint density at radius 3 is 2.28 bits per heavy atom. The van der Waals surface area contributed by atoms with E-state index in [-0.39, 0.29) is 11.8 Å². The lowest BCUT2D eigenvalue weighted by atomic mass is 10.2. The maximum Gasteiger partial charge on any atom is 0.256 e. The van der Waals surface area contributed by atoms with Crippen molar-refractivity contribution >= 4 is 24.0 Å². The van der Waals surface area contributed by atoms with Gasteiger partial charge in [0.05, 0.1) is 12.1 Å². The third-order valence-electron chi connectivity index (χ3n) is 5.03. The van der Waals surface area contributed by atoms with E-state index in [1.165, 1.54) is 12.8 Å². The van der Waals surface area contributed by atoms with Gasteiger partial charge in [0.25, 0.3) is 5.91 Å². The van der Waals surface area contributed by atoms with Crippen molar-refractivity contribution in [1.82, 2.24) is 19.7 Å². The van der Waals surface area contributed by atoms with Crippen molar-refractivity contribution < 1.29 is 9.59 Å². The molecule has 0 aliphatic carbocycles. The normalized spacial score (nSPS) is 19.5. The lowest BCUT2D eigenvalue weighted by Crippen LogP contribution is -2.51. The van der Waals surface area contributed by atoms with Gasteiger partial charge in [-0.1, -0.05) is 25.1 Å². The van der Waals surface area contributed by atoms with Gasteiger partial charge >= 0.3 is 0 Å². The molecule has 2 fully saturated rings. The van der Waals surface area contributed by atoms with Crippen molar-refractivity contribution in [2.24, 2.45) is 0 Å². The summed E-state index contributed by atoms with van der Waals surface area (Å²) in [6, 6.07) is 3.55. The second kappa shape index (κ2) is 8.58. The van der Waals surface area contributed by atoms with Crippen LogP contribution in [0.5, 0.6) is 0 Å². The quantitative estimate of drug-likeness (QED) is 0.835. The number of nitrogens with one attached hydrogen (secondary N) is 1. The molecular weight excluding hydrogens is 336 g/mol. The molecule has 0 aromatic carbocycles. The molecule has 2 saturated heterocycles. The van der Waals surface area contributed by atoms with Gasteiger partial charge in [0.15, 0.2) is 0 Å². The van der Waals surface area contributed by atoms with E-state index in [0.29, 0.717) is 29.8 Å². The molecule has 1 aromatic rings. The van der Waals surface area contributed by atoms with Gasteiger partial charge in [-0.15, -0.1) is 0 Å². The minimum atomic E-state index is -0.0275. The number of aromatic amines is 1. The number of hydrogen-bond donors (Lipinski definition) is 1. The number of H-pyrrole nitrogens is 1. The average molecular weight is 362 g/mol. The van der Waals surface area contributed by atoms with Gasteiger partial charge in [0.2, 0.25) is 5.91 Å². The van der Waals surface area contributed by atoms with Gasteiger partial charge < -0.3 is 14.8 Å². The monoisotopic (exact) mass is 362 g/mol. The Balaban J connectivity index is 1.50. The van der Waals surface area contributed by atoms with Crippen LogP contribution in [0, 0.1) is 4.64 Å². The highest BCUT2D eigenvalue weighted by molar-refractivity contribution is 7.71. The van der Waals surface area contributed by atoms with Crippen molar-refractivity contribution in [3.63, 3.8) is 0 Å². The van der Waals surface area contributed by atoms with Crippen LogP contribution in [0.25, 0.3) is 0 Å².